The van der Waals surface area contributed by atoms with E-state index in [1.807, 2.05) is 25.2 Å². The van der Waals surface area contributed by atoms with Crippen LogP contribution in [0.5, 0.6) is 46.0 Å². The average molecular weight is 724 g/mol. The minimum absolute atomic E-state index is 0.00349. The Balaban J connectivity index is 1.48. The molecule has 0 fully saturated rings. The van der Waals surface area contributed by atoms with Crippen LogP contribution in [0.4, 0.5) is 0 Å². The van der Waals surface area contributed by atoms with Gasteiger partial charge in [0.15, 0.2) is 41.0 Å². The Morgan fingerprint density at radius 3 is 2.30 bits per heavy atom. The topological polar surface area (TPSA) is 95.9 Å². The predicted molar refractivity (Wildman–Crippen MR) is 202 cm³/mol. The fourth-order valence-corrected chi connectivity index (χ4v) is 8.28. The molecule has 4 aliphatic heterocycles. The number of carbonyl (C=O) groups is 1. The van der Waals surface area contributed by atoms with E-state index in [9.17, 15) is 9.90 Å². The summed E-state index contributed by atoms with van der Waals surface area (Å²) >= 11 is 0. The minimum atomic E-state index is -0.827. The smallest absolute Gasteiger partial charge is 0.359 e. The van der Waals surface area contributed by atoms with Crippen LogP contribution < -0.4 is 28.4 Å². The fraction of sp³-hybridized carbons (Fsp3) is 0.419. The van der Waals surface area contributed by atoms with Crippen LogP contribution in [0.25, 0.3) is 0 Å². The van der Waals surface area contributed by atoms with Gasteiger partial charge in [-0.1, -0.05) is 31.5 Å². The van der Waals surface area contributed by atoms with Gasteiger partial charge < -0.3 is 38.0 Å². The number of carboxylic acids is 1. The second kappa shape index (κ2) is 15.2. The fourth-order valence-electron chi connectivity index (χ4n) is 8.28. The number of fused-ring (bicyclic) bond motifs is 2. The molecule has 10 heteroatoms. The van der Waals surface area contributed by atoms with Gasteiger partial charge in [-0.2, -0.15) is 0 Å². The van der Waals surface area contributed by atoms with E-state index >= 15 is 0 Å². The van der Waals surface area contributed by atoms with E-state index in [-0.39, 0.29) is 18.6 Å². The molecule has 0 saturated carbocycles. The molecule has 4 aliphatic rings. The first-order chi connectivity index (χ1) is 25.6. The van der Waals surface area contributed by atoms with Crippen molar-refractivity contribution < 1.29 is 42.8 Å². The molecule has 0 spiro atoms. The van der Waals surface area contributed by atoms with Gasteiger partial charge in [-0.25, -0.2) is 4.79 Å². The molecular weight excluding hydrogens is 672 g/mol. The van der Waals surface area contributed by atoms with Crippen molar-refractivity contribution in [1.29, 1.82) is 0 Å². The SMILES string of the molecule is CCCCOc1c(OC)cc2c3c1Oc1cc4c(cc1OC)CC[N+](C)(CC(=O)O)C4Cc1ccc(cc1)Oc1cc(ccc1OC)CC3N(C)CC2. The third-order valence-corrected chi connectivity index (χ3v) is 11.3. The molecule has 53 heavy (non-hydrogen) atoms. The normalized spacial score (nSPS) is 20.6. The lowest BCUT2D eigenvalue weighted by Gasteiger charge is -2.45. The Morgan fingerprint density at radius 1 is 0.868 bits per heavy atom. The lowest BCUT2D eigenvalue weighted by molar-refractivity contribution is -0.934. The summed E-state index contributed by atoms with van der Waals surface area (Å²) in [7, 11) is 9.19. The van der Waals surface area contributed by atoms with E-state index in [2.05, 4.69) is 61.3 Å². The predicted octanol–water partition coefficient (Wildman–Crippen LogP) is 7.93. The molecule has 3 atom stereocenters. The maximum atomic E-state index is 12.3. The molecule has 4 heterocycles. The lowest BCUT2D eigenvalue weighted by atomic mass is 9.86. The number of quaternary nitrogens is 1. The van der Waals surface area contributed by atoms with Crippen molar-refractivity contribution in [3.8, 4) is 46.0 Å². The number of likely N-dealkylation sites (N-methyl/N-ethyl adjacent to an activating group) is 2. The van der Waals surface area contributed by atoms with Gasteiger partial charge in [-0.15, -0.1) is 0 Å². The monoisotopic (exact) mass is 723 g/mol. The standard InChI is InChI=1S/C43H50N2O8/c1-7-8-19-51-42-39(50-6)24-30-15-17-44(2)33-20-28-11-14-35(48-4)37(22-28)52-31-12-9-27(10-13-31)21-34-32-25-38(53-43(42)41(30)33)36(49-5)23-29(32)16-18-45(34,3)26-40(46)47/h9-14,22-25,33-34H,7-8,15-21,26H2,1-6H3/p+1. The zero-order valence-electron chi connectivity index (χ0n) is 31.7. The second-order valence-electron chi connectivity index (χ2n) is 14.7. The molecule has 8 rings (SSSR count). The third-order valence-electron chi connectivity index (χ3n) is 11.3. The van der Waals surface area contributed by atoms with Gasteiger partial charge in [0.2, 0.25) is 5.75 Å². The molecule has 0 radical (unpaired) electrons. The number of nitrogens with zero attached hydrogens (tertiary/aromatic N) is 2. The molecule has 3 unspecified atom stereocenters. The summed E-state index contributed by atoms with van der Waals surface area (Å²) in [4.78, 5) is 14.7. The molecule has 0 saturated heterocycles. The Morgan fingerprint density at radius 2 is 1.58 bits per heavy atom. The van der Waals surface area contributed by atoms with Gasteiger partial charge in [-0.3, -0.25) is 4.90 Å². The Hall–Kier alpha value is -4.93. The minimum Gasteiger partial charge on any atom is -0.493 e. The molecule has 4 aromatic carbocycles. The number of unbranched alkanes of at least 4 members (excludes halogenated alkanes) is 1. The molecular formula is C43H51N2O8+. The summed E-state index contributed by atoms with van der Waals surface area (Å²) < 4.78 is 38.4. The van der Waals surface area contributed by atoms with Crippen LogP contribution >= 0.6 is 0 Å². The van der Waals surface area contributed by atoms with Crippen LogP contribution in [0.15, 0.2) is 60.7 Å². The first-order valence-corrected chi connectivity index (χ1v) is 18.6. The number of rotatable bonds is 9. The van der Waals surface area contributed by atoms with E-state index in [0.717, 1.165) is 59.2 Å². The van der Waals surface area contributed by atoms with Crippen LogP contribution in [0.3, 0.4) is 0 Å². The summed E-state index contributed by atoms with van der Waals surface area (Å²) in [5.74, 6) is 4.12. The van der Waals surface area contributed by atoms with Crippen molar-refractivity contribution in [2.24, 2.45) is 0 Å². The number of methoxy groups -OCH3 is 3. The third kappa shape index (κ3) is 7.22. The largest absolute Gasteiger partial charge is 0.493 e. The van der Waals surface area contributed by atoms with Gasteiger partial charge in [0.1, 0.15) is 11.8 Å². The van der Waals surface area contributed by atoms with E-state index in [4.69, 9.17) is 28.4 Å². The molecule has 0 aliphatic carbocycles. The summed E-state index contributed by atoms with van der Waals surface area (Å²) in [5, 5.41) is 10.1. The molecule has 6 bridgehead atoms. The van der Waals surface area contributed by atoms with Crippen LogP contribution in [-0.4, -0.2) is 82.1 Å². The van der Waals surface area contributed by atoms with Crippen molar-refractivity contribution in [1.82, 2.24) is 4.90 Å². The van der Waals surface area contributed by atoms with Crippen LogP contribution in [0, 0.1) is 0 Å². The maximum absolute atomic E-state index is 12.3. The van der Waals surface area contributed by atoms with Crippen molar-refractivity contribution in [2.75, 3.05) is 61.7 Å². The van der Waals surface area contributed by atoms with E-state index < -0.39 is 5.97 Å². The van der Waals surface area contributed by atoms with Gasteiger partial charge >= 0.3 is 5.97 Å². The number of hydrogen-bond acceptors (Lipinski definition) is 8. The number of aliphatic carboxylic acids is 1. The first kappa shape index (κ1) is 36.4. The Bertz CT molecular complexity index is 1980. The quantitative estimate of drug-likeness (QED) is 0.137. The summed E-state index contributed by atoms with van der Waals surface area (Å²) in [6.45, 7) is 4.18. The Kier molecular flexibility index (Phi) is 10.4. The van der Waals surface area contributed by atoms with Gasteiger partial charge in [0.25, 0.3) is 0 Å². The van der Waals surface area contributed by atoms with E-state index in [1.165, 1.54) is 0 Å². The second-order valence-corrected chi connectivity index (χ2v) is 14.7. The van der Waals surface area contributed by atoms with Crippen molar-refractivity contribution in [2.45, 2.75) is 57.5 Å². The van der Waals surface area contributed by atoms with Gasteiger partial charge in [-0.05, 0) is 91.0 Å². The number of benzene rings is 4. The summed E-state index contributed by atoms with van der Waals surface area (Å²) in [6, 6.07) is 20.2. The zero-order chi connectivity index (χ0) is 37.3. The van der Waals surface area contributed by atoms with Gasteiger partial charge in [0, 0.05) is 36.6 Å². The zero-order valence-corrected chi connectivity index (χ0v) is 31.7. The number of ether oxygens (including phenoxy) is 6. The highest BCUT2D eigenvalue weighted by molar-refractivity contribution is 5.68. The van der Waals surface area contributed by atoms with Gasteiger partial charge in [0.05, 0.1) is 41.5 Å². The number of carboxylic acid groups (broad SMARTS) is 1. The molecule has 0 amide bonds. The molecule has 0 aromatic heterocycles. The highest BCUT2D eigenvalue weighted by Crippen LogP contribution is 2.52. The average Bonchev–Trinajstić information content (AvgIpc) is 3.14. The highest BCUT2D eigenvalue weighted by atomic mass is 16.6. The van der Waals surface area contributed by atoms with E-state index in [1.54, 1.807) is 21.3 Å². The Labute approximate surface area is 312 Å². The van der Waals surface area contributed by atoms with Crippen LogP contribution in [0.2, 0.25) is 0 Å². The lowest BCUT2D eigenvalue weighted by Crippen LogP contribution is -2.54. The molecule has 1 N–H and O–H groups in total. The number of hydrogen-bond donors (Lipinski definition) is 1. The van der Waals surface area contributed by atoms with Crippen molar-refractivity contribution in [3.05, 3.63) is 94.0 Å². The summed E-state index contributed by atoms with van der Waals surface area (Å²) in [6.07, 6.45) is 4.67. The maximum Gasteiger partial charge on any atom is 0.359 e. The molecule has 4 aromatic rings. The van der Waals surface area contributed by atoms with Crippen LogP contribution in [-0.2, 0) is 30.5 Å². The van der Waals surface area contributed by atoms with Crippen LogP contribution in [0.1, 0.15) is 65.2 Å². The molecule has 10 nitrogen and oxygen atoms in total. The molecule has 280 valence electrons. The first-order valence-electron chi connectivity index (χ1n) is 18.6. The summed E-state index contributed by atoms with van der Waals surface area (Å²) in [5.41, 5.74) is 6.53. The van der Waals surface area contributed by atoms with Crippen molar-refractivity contribution in [3.63, 3.8) is 0 Å². The highest BCUT2D eigenvalue weighted by Gasteiger charge is 2.42. The van der Waals surface area contributed by atoms with Crippen molar-refractivity contribution >= 4 is 5.97 Å². The van der Waals surface area contributed by atoms with E-state index in [0.29, 0.717) is 82.9 Å².